The van der Waals surface area contributed by atoms with Gasteiger partial charge in [0.2, 0.25) is 11.8 Å². The van der Waals surface area contributed by atoms with Crippen LogP contribution in [-0.4, -0.2) is 38.8 Å². The van der Waals surface area contributed by atoms with Crippen LogP contribution >= 0.6 is 39.1 Å². The van der Waals surface area contributed by atoms with E-state index in [0.717, 1.165) is 35.1 Å². The summed E-state index contributed by atoms with van der Waals surface area (Å²) >= 11 is 17.7. The smallest absolute Gasteiger partial charge is 0.311 e. The first kappa shape index (κ1) is 37.3. The zero-order chi connectivity index (χ0) is 37.0. The van der Waals surface area contributed by atoms with Crippen LogP contribution in [0.25, 0.3) is 22.3 Å². The molecule has 2 aromatic heterocycles. The predicted octanol–water partition coefficient (Wildman–Crippen LogP) is 8.35. The van der Waals surface area contributed by atoms with Gasteiger partial charge in [-0.2, -0.15) is 10.2 Å². The maximum atomic E-state index is 11.9. The molecule has 1 aliphatic rings. The number of nitrogens with two attached hydrogens (primary N) is 1. The van der Waals surface area contributed by atoms with E-state index >= 15 is 0 Å². The number of nitriles is 1. The molecule has 0 saturated carbocycles. The lowest BCUT2D eigenvalue weighted by atomic mass is 9.85. The molecule has 4 N–H and O–H groups in total. The standard InChI is InChI=1S/C40H35BrCl2N4O5/c1-40(22-48,39(49)50)11-10-27-16-34(41)38(47-37(27)51-20-24-12-23(17-44)18-46-19-24)52-21-28-4-2-6-32(35(28)42)33-7-3-5-31(36(33)43)26-9-8-25-14-30(45)15-29(25)13-26/h2-9,12-13,16,18-19,30,48H,10-11,14-15,20-22,45H2,1H3,(H,49,50)/t30-,40-/m0/s1. The molecule has 0 unspecified atom stereocenters. The third-order valence-corrected chi connectivity index (χ3v) is 10.7. The summed E-state index contributed by atoms with van der Waals surface area (Å²) in [5.41, 5.74) is 13.2. The lowest BCUT2D eigenvalue weighted by molar-refractivity contribution is -0.150. The highest BCUT2D eigenvalue weighted by molar-refractivity contribution is 9.10. The monoisotopic (exact) mass is 800 g/mol. The van der Waals surface area contributed by atoms with Crippen LogP contribution in [0.15, 0.2) is 83.6 Å². The number of aliphatic carboxylic acids is 1. The van der Waals surface area contributed by atoms with E-state index in [2.05, 4.69) is 50.2 Å². The fraction of sp³-hybridized carbons (Fsp3) is 0.250. The molecule has 0 fully saturated rings. The molecular formula is C40H35BrCl2N4O5. The molecule has 12 heteroatoms. The second-order valence-corrected chi connectivity index (χ2v) is 14.7. The molecule has 6 rings (SSSR count). The number of hydrogen-bond donors (Lipinski definition) is 3. The van der Waals surface area contributed by atoms with Crippen LogP contribution in [0, 0.1) is 16.7 Å². The number of benzene rings is 3. The van der Waals surface area contributed by atoms with Crippen molar-refractivity contribution in [3.05, 3.63) is 127 Å². The van der Waals surface area contributed by atoms with Crippen LogP contribution in [0.4, 0.5) is 0 Å². The third-order valence-electron chi connectivity index (χ3n) is 9.31. The average Bonchev–Trinajstić information content (AvgIpc) is 3.52. The minimum atomic E-state index is -1.36. The Labute approximate surface area is 320 Å². The predicted molar refractivity (Wildman–Crippen MR) is 203 cm³/mol. The minimum absolute atomic E-state index is 0.0481. The first-order valence-corrected chi connectivity index (χ1v) is 18.1. The van der Waals surface area contributed by atoms with Crippen molar-refractivity contribution < 1.29 is 24.5 Å². The van der Waals surface area contributed by atoms with E-state index in [1.165, 1.54) is 24.2 Å². The number of hydrogen-bond acceptors (Lipinski definition) is 8. The van der Waals surface area contributed by atoms with Gasteiger partial charge in [0.1, 0.15) is 19.3 Å². The van der Waals surface area contributed by atoms with Gasteiger partial charge in [0.05, 0.1) is 32.1 Å². The van der Waals surface area contributed by atoms with Gasteiger partial charge in [0, 0.05) is 51.8 Å². The number of aliphatic hydroxyl groups excluding tert-OH is 1. The first-order chi connectivity index (χ1) is 25.0. The van der Waals surface area contributed by atoms with Gasteiger partial charge >= 0.3 is 5.97 Å². The van der Waals surface area contributed by atoms with Crippen molar-refractivity contribution in [2.75, 3.05) is 6.61 Å². The highest BCUT2D eigenvalue weighted by Gasteiger charge is 2.32. The number of aryl methyl sites for hydroxylation is 1. The molecule has 2 atom stereocenters. The van der Waals surface area contributed by atoms with Crippen LogP contribution in [0.5, 0.6) is 11.8 Å². The van der Waals surface area contributed by atoms with Gasteiger partial charge in [0.25, 0.3) is 0 Å². The topological polar surface area (TPSA) is 152 Å². The molecule has 1 aliphatic carbocycles. The Morgan fingerprint density at radius 2 is 1.67 bits per heavy atom. The molecule has 3 aromatic carbocycles. The maximum absolute atomic E-state index is 11.9. The van der Waals surface area contributed by atoms with Crippen molar-refractivity contribution in [3.8, 4) is 40.1 Å². The number of nitrogens with zero attached hydrogens (tertiary/aromatic N) is 3. The summed E-state index contributed by atoms with van der Waals surface area (Å²) in [6.45, 7) is 1.07. The summed E-state index contributed by atoms with van der Waals surface area (Å²) in [6, 6.07) is 23.6. The van der Waals surface area contributed by atoms with Gasteiger partial charge in [0.15, 0.2) is 0 Å². The third kappa shape index (κ3) is 8.10. The van der Waals surface area contributed by atoms with Crippen molar-refractivity contribution >= 4 is 45.1 Å². The van der Waals surface area contributed by atoms with Crippen molar-refractivity contribution in [1.82, 2.24) is 9.97 Å². The van der Waals surface area contributed by atoms with Gasteiger partial charge in [-0.05, 0) is 77.4 Å². The number of ether oxygens (including phenoxy) is 2. The van der Waals surface area contributed by atoms with Gasteiger partial charge in [-0.3, -0.25) is 9.78 Å². The lowest BCUT2D eigenvalue weighted by Crippen LogP contribution is -2.32. The Morgan fingerprint density at radius 3 is 2.42 bits per heavy atom. The molecule has 0 amide bonds. The molecule has 0 bridgehead atoms. The molecule has 2 heterocycles. The minimum Gasteiger partial charge on any atom is -0.481 e. The van der Waals surface area contributed by atoms with Crippen molar-refractivity contribution in [3.63, 3.8) is 0 Å². The SMILES string of the molecule is C[C@@](CO)(CCc1cc(Br)c(OCc2cccc(-c3cccc(-c4ccc5c(c4)C[C@@H](N)C5)c3Cl)c2Cl)nc1OCc1cncc(C#N)c1)C(=O)O. The van der Waals surface area contributed by atoms with E-state index in [0.29, 0.717) is 36.8 Å². The quantitative estimate of drug-likeness (QED) is 0.107. The molecular weight excluding hydrogens is 767 g/mol. The van der Waals surface area contributed by atoms with Gasteiger partial charge in [-0.15, -0.1) is 0 Å². The second-order valence-electron chi connectivity index (χ2n) is 13.1. The summed E-state index contributed by atoms with van der Waals surface area (Å²) in [5.74, 6) is -0.670. The number of aliphatic hydroxyl groups is 1. The summed E-state index contributed by atoms with van der Waals surface area (Å²) in [5, 5.41) is 29.9. The highest BCUT2D eigenvalue weighted by atomic mass is 79.9. The van der Waals surface area contributed by atoms with Crippen LogP contribution in [0.2, 0.25) is 10.0 Å². The van der Waals surface area contributed by atoms with E-state index in [1.54, 1.807) is 18.3 Å². The number of fused-ring (bicyclic) bond motifs is 1. The summed E-state index contributed by atoms with van der Waals surface area (Å²) in [7, 11) is 0. The Hall–Kier alpha value is -4.50. The van der Waals surface area contributed by atoms with E-state index in [-0.39, 0.29) is 43.9 Å². The number of aromatic nitrogens is 2. The molecule has 5 aromatic rings. The molecule has 0 saturated heterocycles. The normalized spacial score (nSPS) is 14.7. The number of carboxylic acid groups (broad SMARTS) is 1. The zero-order valence-corrected chi connectivity index (χ0v) is 31.3. The number of halogens is 3. The Bertz CT molecular complexity index is 2190. The average molecular weight is 803 g/mol. The van der Waals surface area contributed by atoms with Gasteiger partial charge in [-0.1, -0.05) is 77.8 Å². The molecule has 9 nitrogen and oxygen atoms in total. The lowest BCUT2D eigenvalue weighted by Gasteiger charge is -2.22. The van der Waals surface area contributed by atoms with Crippen LogP contribution in [0.1, 0.15) is 46.7 Å². The Kier molecular flexibility index (Phi) is 11.5. The largest absolute Gasteiger partial charge is 0.481 e. The maximum Gasteiger partial charge on any atom is 0.311 e. The number of rotatable bonds is 13. The first-order valence-electron chi connectivity index (χ1n) is 16.6. The van der Waals surface area contributed by atoms with E-state index in [9.17, 15) is 20.3 Å². The highest BCUT2D eigenvalue weighted by Crippen LogP contribution is 2.41. The van der Waals surface area contributed by atoms with Gasteiger partial charge < -0.3 is 25.4 Å². The fourth-order valence-electron chi connectivity index (χ4n) is 6.17. The second kappa shape index (κ2) is 16.0. The summed E-state index contributed by atoms with van der Waals surface area (Å²) in [4.78, 5) is 20.6. The van der Waals surface area contributed by atoms with E-state index in [1.807, 2.05) is 36.4 Å². The van der Waals surface area contributed by atoms with E-state index < -0.39 is 18.0 Å². The molecule has 0 spiro atoms. The van der Waals surface area contributed by atoms with Crippen LogP contribution in [0.3, 0.4) is 0 Å². The van der Waals surface area contributed by atoms with Gasteiger partial charge in [-0.25, -0.2) is 0 Å². The van der Waals surface area contributed by atoms with E-state index in [4.69, 9.17) is 38.4 Å². The molecule has 52 heavy (non-hydrogen) atoms. The van der Waals surface area contributed by atoms with Crippen LogP contribution in [-0.2, 0) is 37.3 Å². The van der Waals surface area contributed by atoms with Crippen molar-refractivity contribution in [2.45, 2.75) is 51.9 Å². The number of pyridine rings is 2. The van der Waals surface area contributed by atoms with Crippen molar-refractivity contribution in [2.24, 2.45) is 11.1 Å². The fourth-order valence-corrected chi connectivity index (χ4v) is 7.27. The zero-order valence-electron chi connectivity index (χ0n) is 28.2. The molecule has 0 aliphatic heterocycles. The molecule has 266 valence electrons. The Morgan fingerprint density at radius 1 is 0.962 bits per heavy atom. The molecule has 0 radical (unpaired) electrons. The summed E-state index contributed by atoms with van der Waals surface area (Å²) in [6.07, 6.45) is 5.13. The number of carboxylic acids is 1. The Balaban J connectivity index is 1.26. The summed E-state index contributed by atoms with van der Waals surface area (Å²) < 4.78 is 12.8. The van der Waals surface area contributed by atoms with Crippen molar-refractivity contribution in [1.29, 1.82) is 5.26 Å². The van der Waals surface area contributed by atoms with Crippen LogP contribution < -0.4 is 15.2 Å². The number of carbonyl (C=O) groups is 1.